The van der Waals surface area contributed by atoms with Gasteiger partial charge >= 0.3 is 0 Å². The van der Waals surface area contributed by atoms with E-state index >= 15 is 0 Å². The number of fused-ring (bicyclic) bond motifs is 6. The SMILES string of the molecule is CC[C@H]1OC2CC2[C@H](C)C(=O)[C@H](C)C[C@@]2(C)C[C@@H](C)C(=NC(C)=O)[C@H](C)[C@@H](CC/C(=N\OCc3ccc(-n4cccn4)nc3)CO2)[C@]1(C)O. The molecule has 1 saturated carbocycles. The van der Waals surface area contributed by atoms with Crippen molar-refractivity contribution in [3.05, 3.63) is 42.4 Å². The number of hydrogen-bond donors (Lipinski definition) is 1. The van der Waals surface area contributed by atoms with Gasteiger partial charge in [0.1, 0.15) is 12.4 Å². The van der Waals surface area contributed by atoms with Gasteiger partial charge in [0, 0.05) is 54.5 Å². The van der Waals surface area contributed by atoms with Crippen LogP contribution in [0.25, 0.3) is 5.82 Å². The molecule has 268 valence electrons. The number of oxime groups is 1. The summed E-state index contributed by atoms with van der Waals surface area (Å²) < 4.78 is 15.1. The Balaban J connectivity index is 1.50. The van der Waals surface area contributed by atoms with Crippen molar-refractivity contribution in [3.8, 4) is 5.82 Å². The van der Waals surface area contributed by atoms with Crippen LogP contribution < -0.4 is 0 Å². The highest BCUT2D eigenvalue weighted by Crippen LogP contribution is 2.47. The zero-order chi connectivity index (χ0) is 35.5. The maximum absolute atomic E-state index is 13.8. The van der Waals surface area contributed by atoms with Crippen molar-refractivity contribution in [3.63, 3.8) is 0 Å². The fourth-order valence-corrected chi connectivity index (χ4v) is 8.39. The summed E-state index contributed by atoms with van der Waals surface area (Å²) in [6.45, 7) is 16.0. The molecule has 0 spiro atoms. The zero-order valence-corrected chi connectivity index (χ0v) is 30.5. The van der Waals surface area contributed by atoms with Crippen molar-refractivity contribution >= 4 is 23.1 Å². The third-order valence-electron chi connectivity index (χ3n) is 11.1. The molecular weight excluding hydrogens is 622 g/mol. The van der Waals surface area contributed by atoms with E-state index in [0.717, 1.165) is 17.7 Å². The lowest BCUT2D eigenvalue weighted by atomic mass is 9.69. The fourth-order valence-electron chi connectivity index (χ4n) is 8.39. The first kappa shape index (κ1) is 37.0. The molecule has 4 heterocycles. The third-order valence-corrected chi connectivity index (χ3v) is 11.1. The van der Waals surface area contributed by atoms with Gasteiger partial charge in [-0.3, -0.25) is 9.59 Å². The molecule has 49 heavy (non-hydrogen) atoms. The van der Waals surface area contributed by atoms with Gasteiger partial charge in [0.25, 0.3) is 0 Å². The van der Waals surface area contributed by atoms with E-state index < -0.39 is 17.3 Å². The van der Waals surface area contributed by atoms with E-state index in [-0.39, 0.29) is 66.5 Å². The molecule has 1 amide bonds. The molecule has 1 N–H and O–H groups in total. The highest BCUT2D eigenvalue weighted by molar-refractivity contribution is 5.97. The van der Waals surface area contributed by atoms with Crippen LogP contribution in [0.5, 0.6) is 0 Å². The van der Waals surface area contributed by atoms with E-state index in [2.05, 4.69) is 41.0 Å². The van der Waals surface area contributed by atoms with Crippen LogP contribution in [0.1, 0.15) is 99.5 Å². The molecule has 2 aromatic rings. The van der Waals surface area contributed by atoms with Crippen molar-refractivity contribution in [2.75, 3.05) is 6.61 Å². The Morgan fingerprint density at radius 1 is 1.14 bits per heavy atom. The fraction of sp³-hybridized carbons (Fsp3) is 0.684. The van der Waals surface area contributed by atoms with Gasteiger partial charge in [-0.15, -0.1) is 0 Å². The summed E-state index contributed by atoms with van der Waals surface area (Å²) in [6, 6.07) is 5.65. The summed E-state index contributed by atoms with van der Waals surface area (Å²) in [5.41, 5.74) is 0.332. The topological polar surface area (TPSA) is 137 Å². The van der Waals surface area contributed by atoms with E-state index in [1.165, 1.54) is 6.92 Å². The summed E-state index contributed by atoms with van der Waals surface area (Å²) in [5.74, 6) is -0.322. The predicted molar refractivity (Wildman–Crippen MR) is 187 cm³/mol. The second kappa shape index (κ2) is 15.3. The number of rotatable bonds is 5. The van der Waals surface area contributed by atoms with Crippen molar-refractivity contribution < 1.29 is 29.0 Å². The third kappa shape index (κ3) is 8.72. The standard InChI is InChI=1S/C38H55N5O6/c1-9-33-38(8,46)31-13-12-29(42-48-21-28-11-14-34(39-20-28)43-16-10-15-40-43)22-47-37(7,18-23(2)35(26(31)5)41-27(6)44)19-24(3)36(45)25(4)30-17-32(30)49-33/h10-11,14-16,20,23-26,30-33,46H,9,12-13,17-19,21-22H2,1-8H3/b41-35?,42-29+/t23-,24-,25+,26-,30?,31-,32?,33-,37-,38+/m1/s1. The Bertz CT molecular complexity index is 1500. The first-order valence-electron chi connectivity index (χ1n) is 18.0. The lowest BCUT2D eigenvalue weighted by Crippen LogP contribution is -2.52. The highest BCUT2D eigenvalue weighted by atomic mass is 16.6. The molecule has 2 aromatic heterocycles. The van der Waals surface area contributed by atoms with E-state index in [9.17, 15) is 14.7 Å². The van der Waals surface area contributed by atoms with Crippen LogP contribution in [0.3, 0.4) is 0 Å². The van der Waals surface area contributed by atoms with Crippen LogP contribution in [0.15, 0.2) is 46.9 Å². The Labute approximate surface area is 290 Å². The highest BCUT2D eigenvalue weighted by Gasteiger charge is 2.52. The van der Waals surface area contributed by atoms with Crippen molar-refractivity contribution in [2.24, 2.45) is 45.7 Å². The van der Waals surface area contributed by atoms with E-state index in [1.54, 1.807) is 17.1 Å². The van der Waals surface area contributed by atoms with Crippen LogP contribution in [0, 0.1) is 35.5 Å². The van der Waals surface area contributed by atoms with Gasteiger partial charge in [-0.05, 0) is 82.3 Å². The van der Waals surface area contributed by atoms with Gasteiger partial charge in [0.05, 0.1) is 35.7 Å². The number of carbonyl (C=O) groups is 2. The maximum atomic E-state index is 13.8. The van der Waals surface area contributed by atoms with Gasteiger partial charge in [0.15, 0.2) is 5.82 Å². The van der Waals surface area contributed by atoms with Gasteiger partial charge < -0.3 is 19.4 Å². The Hall–Kier alpha value is -3.28. The lowest BCUT2D eigenvalue weighted by Gasteiger charge is -2.43. The smallest absolute Gasteiger partial charge is 0.242 e. The van der Waals surface area contributed by atoms with Crippen LogP contribution >= 0.6 is 0 Å². The Morgan fingerprint density at radius 3 is 2.55 bits per heavy atom. The average molecular weight is 678 g/mol. The number of hydrogen-bond acceptors (Lipinski definition) is 9. The van der Waals surface area contributed by atoms with Crippen LogP contribution in [0.4, 0.5) is 0 Å². The normalized spacial score (nSPS) is 37.8. The molecule has 2 unspecified atom stereocenters. The molecule has 0 radical (unpaired) electrons. The van der Waals surface area contributed by atoms with Crippen LogP contribution in [-0.2, 0) is 30.5 Å². The first-order chi connectivity index (χ1) is 23.2. The Kier molecular flexibility index (Phi) is 11.6. The molecule has 11 heteroatoms. The van der Waals surface area contributed by atoms with Gasteiger partial charge in [0.2, 0.25) is 5.91 Å². The molecule has 11 nitrogen and oxygen atoms in total. The van der Waals surface area contributed by atoms with Gasteiger partial charge in [-0.25, -0.2) is 14.7 Å². The maximum Gasteiger partial charge on any atom is 0.242 e. The molecular formula is C38H55N5O6. The summed E-state index contributed by atoms with van der Waals surface area (Å²) >= 11 is 0. The van der Waals surface area contributed by atoms with Gasteiger partial charge in [-0.2, -0.15) is 5.10 Å². The number of Topliss-reactive ketones (excluding diaryl/α,β-unsaturated/α-hetero) is 1. The second-order valence-corrected chi connectivity index (χ2v) is 15.2. The van der Waals surface area contributed by atoms with Crippen LogP contribution in [-0.4, -0.2) is 73.0 Å². The second-order valence-electron chi connectivity index (χ2n) is 15.2. The number of ketones is 1. The van der Waals surface area contributed by atoms with E-state index in [4.69, 9.17) is 14.3 Å². The monoisotopic (exact) mass is 677 g/mol. The number of ether oxygens (including phenoxy) is 2. The molecule has 3 aliphatic rings. The summed E-state index contributed by atoms with van der Waals surface area (Å²) in [7, 11) is 0. The van der Waals surface area contributed by atoms with Crippen molar-refractivity contribution in [1.82, 2.24) is 14.8 Å². The molecule has 5 rings (SSSR count). The molecule has 2 saturated heterocycles. The molecule has 2 bridgehead atoms. The molecule has 3 fully saturated rings. The van der Waals surface area contributed by atoms with E-state index in [1.807, 2.05) is 52.1 Å². The number of aliphatic imine (C=N–C) groups is 1. The van der Waals surface area contributed by atoms with Crippen LogP contribution in [0.2, 0.25) is 0 Å². The number of aliphatic hydroxyl groups is 1. The number of amides is 1. The number of carbonyl (C=O) groups excluding carboxylic acids is 2. The summed E-state index contributed by atoms with van der Waals surface area (Å²) in [6.07, 6.45) is 8.27. The minimum atomic E-state index is -1.26. The average Bonchev–Trinajstić information content (AvgIpc) is 3.61. The Morgan fingerprint density at radius 2 is 1.90 bits per heavy atom. The lowest BCUT2D eigenvalue weighted by molar-refractivity contribution is -0.147. The van der Waals surface area contributed by atoms with Gasteiger partial charge in [-0.1, -0.05) is 45.8 Å². The van der Waals surface area contributed by atoms with E-state index in [0.29, 0.717) is 43.6 Å². The number of nitrogens with zero attached hydrogens (tertiary/aromatic N) is 5. The minimum Gasteiger partial charge on any atom is -0.391 e. The summed E-state index contributed by atoms with van der Waals surface area (Å²) in [4.78, 5) is 41.4. The molecule has 0 aromatic carbocycles. The first-order valence-corrected chi connectivity index (χ1v) is 18.0. The molecule has 2 aliphatic heterocycles. The molecule has 10 atom stereocenters. The van der Waals surface area contributed by atoms with Crippen molar-refractivity contribution in [1.29, 1.82) is 0 Å². The zero-order valence-electron chi connectivity index (χ0n) is 30.5. The quantitative estimate of drug-likeness (QED) is 0.372. The largest absolute Gasteiger partial charge is 0.391 e. The number of aromatic nitrogens is 3. The minimum absolute atomic E-state index is 0.0721. The van der Waals surface area contributed by atoms with Crippen molar-refractivity contribution in [2.45, 2.75) is 124 Å². The number of pyridine rings is 1. The predicted octanol–water partition coefficient (Wildman–Crippen LogP) is 6.15. The molecule has 1 aliphatic carbocycles. The summed E-state index contributed by atoms with van der Waals surface area (Å²) in [5, 5.41) is 21.3.